The summed E-state index contributed by atoms with van der Waals surface area (Å²) in [7, 11) is -9.76. The molecule has 0 atom stereocenters. The van der Waals surface area contributed by atoms with E-state index in [0.717, 1.165) is 0 Å². The van der Waals surface area contributed by atoms with E-state index in [4.69, 9.17) is 4.55 Å². The van der Waals surface area contributed by atoms with Gasteiger partial charge in [-0.25, -0.2) is 0 Å². The van der Waals surface area contributed by atoms with Crippen molar-refractivity contribution in [2.45, 2.75) is 0 Å². The minimum absolute atomic E-state index is 0.110. The van der Waals surface area contributed by atoms with E-state index in [-0.39, 0.29) is 5.75 Å². The highest BCUT2D eigenvalue weighted by Gasteiger charge is 2.19. The molecule has 0 spiro atoms. The molecule has 1 aromatic rings. The Labute approximate surface area is 91.6 Å². The van der Waals surface area contributed by atoms with Crippen molar-refractivity contribution in [3.05, 3.63) is 30.3 Å². The van der Waals surface area contributed by atoms with E-state index in [2.05, 4.69) is 12.9 Å². The van der Waals surface area contributed by atoms with E-state index >= 15 is 0 Å². The summed E-state index contributed by atoms with van der Waals surface area (Å²) in [6.07, 6.45) is 0. The van der Waals surface area contributed by atoms with Crippen molar-refractivity contribution >= 4 is 20.8 Å². The molecule has 0 radical (unpaired) electrons. The van der Waals surface area contributed by atoms with Crippen molar-refractivity contribution in [1.82, 2.24) is 0 Å². The van der Waals surface area contributed by atoms with E-state index in [9.17, 15) is 16.8 Å². The molecule has 0 amide bonds. The Morgan fingerprint density at radius 1 is 0.938 bits per heavy atom. The molecule has 1 aromatic carbocycles. The summed E-state index contributed by atoms with van der Waals surface area (Å²) in [5, 5.41) is 0. The van der Waals surface area contributed by atoms with Crippen molar-refractivity contribution in [3.8, 4) is 5.75 Å². The number of benzene rings is 1. The number of para-hydroxylation sites is 1. The third kappa shape index (κ3) is 5.04. The maximum absolute atomic E-state index is 10.9. The summed E-state index contributed by atoms with van der Waals surface area (Å²) in [4.78, 5) is 0. The standard InChI is InChI=1S/C6H6O8S2/c7-15(8,9)13-14-16(10,11)12-6-4-2-1-3-5-6/h1-5H,(H,7,8,9). The zero-order chi connectivity index (χ0) is 12.2. The molecule has 0 aromatic heterocycles. The molecule has 10 heteroatoms. The first-order chi connectivity index (χ1) is 7.29. The quantitative estimate of drug-likeness (QED) is 0.453. The van der Waals surface area contributed by atoms with Gasteiger partial charge in [-0.1, -0.05) is 26.9 Å². The first-order valence-electron chi connectivity index (χ1n) is 3.63. The Bertz CT molecular complexity index is 531. The fraction of sp³-hybridized carbons (Fsp3) is 0. The SMILES string of the molecule is O=S(=O)(O)OOS(=O)(=O)Oc1ccccc1. The molecule has 16 heavy (non-hydrogen) atoms. The van der Waals surface area contributed by atoms with E-state index in [0.29, 0.717) is 0 Å². The second-order valence-corrected chi connectivity index (χ2v) is 4.48. The third-order valence-electron chi connectivity index (χ3n) is 1.14. The van der Waals surface area contributed by atoms with Gasteiger partial charge in [-0.05, 0) is 12.1 Å². The lowest BCUT2D eigenvalue weighted by Gasteiger charge is -2.03. The van der Waals surface area contributed by atoms with Crippen molar-refractivity contribution in [3.63, 3.8) is 0 Å². The summed E-state index contributed by atoms with van der Waals surface area (Å²) >= 11 is 0. The molecule has 0 bridgehead atoms. The predicted molar refractivity (Wildman–Crippen MR) is 49.7 cm³/mol. The van der Waals surface area contributed by atoms with Crippen LogP contribution in [0.3, 0.4) is 0 Å². The summed E-state index contributed by atoms with van der Waals surface area (Å²) < 4.78 is 60.7. The van der Waals surface area contributed by atoms with Crippen LogP contribution in [0.15, 0.2) is 30.3 Å². The van der Waals surface area contributed by atoms with Crippen LogP contribution in [0.5, 0.6) is 5.75 Å². The fourth-order valence-electron chi connectivity index (χ4n) is 0.677. The molecule has 1 rings (SSSR count). The van der Waals surface area contributed by atoms with Gasteiger partial charge in [0.05, 0.1) is 0 Å². The molecular formula is C6H6O8S2. The van der Waals surface area contributed by atoms with Crippen molar-refractivity contribution in [2.24, 2.45) is 0 Å². The van der Waals surface area contributed by atoms with Crippen LogP contribution in [0, 0.1) is 0 Å². The first kappa shape index (κ1) is 12.9. The van der Waals surface area contributed by atoms with Crippen LogP contribution < -0.4 is 4.18 Å². The number of rotatable bonds is 5. The summed E-state index contributed by atoms with van der Waals surface area (Å²) in [6.45, 7) is 0. The van der Waals surface area contributed by atoms with E-state index < -0.39 is 20.8 Å². The van der Waals surface area contributed by atoms with Crippen molar-refractivity contribution < 1.29 is 34.2 Å². The van der Waals surface area contributed by atoms with Crippen LogP contribution in [0.1, 0.15) is 0 Å². The van der Waals surface area contributed by atoms with E-state index in [1.165, 1.54) is 24.3 Å². The highest BCUT2D eigenvalue weighted by Crippen LogP contribution is 2.12. The molecular weight excluding hydrogens is 264 g/mol. The van der Waals surface area contributed by atoms with Gasteiger partial charge in [-0.15, -0.1) is 0 Å². The molecule has 0 unspecified atom stereocenters. The fourth-order valence-corrected chi connectivity index (χ4v) is 1.60. The zero-order valence-corrected chi connectivity index (χ0v) is 9.14. The molecule has 90 valence electrons. The normalized spacial score (nSPS) is 12.3. The second-order valence-electron chi connectivity index (χ2n) is 2.37. The Hall–Kier alpha value is -1.20. The lowest BCUT2D eigenvalue weighted by atomic mass is 10.3. The molecule has 0 aliphatic carbocycles. The Balaban J connectivity index is 2.67. The second kappa shape index (κ2) is 4.76. The van der Waals surface area contributed by atoms with Crippen LogP contribution in [0.2, 0.25) is 0 Å². The summed E-state index contributed by atoms with van der Waals surface area (Å²) in [6, 6.07) is 7.14. The van der Waals surface area contributed by atoms with Gasteiger partial charge in [0, 0.05) is 0 Å². The van der Waals surface area contributed by atoms with Gasteiger partial charge in [0.25, 0.3) is 0 Å². The minimum Gasteiger partial charge on any atom is -0.360 e. The molecule has 8 nitrogen and oxygen atoms in total. The zero-order valence-electron chi connectivity index (χ0n) is 7.51. The van der Waals surface area contributed by atoms with Crippen LogP contribution in [0.25, 0.3) is 0 Å². The topological polar surface area (TPSA) is 116 Å². The van der Waals surface area contributed by atoms with Gasteiger partial charge >= 0.3 is 20.8 Å². The third-order valence-corrected chi connectivity index (χ3v) is 2.10. The molecule has 1 N–H and O–H groups in total. The predicted octanol–water partition coefficient (Wildman–Crippen LogP) is 0.0612. The summed E-state index contributed by atoms with van der Waals surface area (Å²) in [5.41, 5.74) is 0. The van der Waals surface area contributed by atoms with Crippen LogP contribution in [0.4, 0.5) is 0 Å². The Morgan fingerprint density at radius 2 is 1.50 bits per heavy atom. The van der Waals surface area contributed by atoms with E-state index in [1.807, 2.05) is 0 Å². The number of hydrogen-bond donors (Lipinski definition) is 1. The molecule has 0 fully saturated rings. The maximum atomic E-state index is 10.9. The van der Waals surface area contributed by atoms with Crippen molar-refractivity contribution in [2.75, 3.05) is 0 Å². The van der Waals surface area contributed by atoms with Gasteiger partial charge in [0.15, 0.2) is 0 Å². The first-order valence-corrected chi connectivity index (χ1v) is 6.33. The highest BCUT2D eigenvalue weighted by molar-refractivity contribution is 7.83. The minimum atomic E-state index is -5.03. The average molecular weight is 270 g/mol. The molecule has 0 aliphatic heterocycles. The monoisotopic (exact) mass is 270 g/mol. The molecule has 0 saturated carbocycles. The van der Waals surface area contributed by atoms with Crippen LogP contribution in [-0.4, -0.2) is 21.4 Å². The largest absolute Gasteiger partial charge is 0.477 e. The van der Waals surface area contributed by atoms with Gasteiger partial charge in [-0.3, -0.25) is 4.55 Å². The molecule has 0 aliphatic rings. The maximum Gasteiger partial charge on any atom is 0.477 e. The van der Waals surface area contributed by atoms with Gasteiger partial charge < -0.3 is 4.18 Å². The lowest BCUT2D eigenvalue weighted by Crippen LogP contribution is -2.16. The summed E-state index contributed by atoms with van der Waals surface area (Å²) in [5.74, 6) is -0.110. The van der Waals surface area contributed by atoms with Gasteiger partial charge in [-0.2, -0.15) is 16.8 Å². The van der Waals surface area contributed by atoms with E-state index in [1.54, 1.807) is 6.07 Å². The highest BCUT2D eigenvalue weighted by atomic mass is 32.3. The average Bonchev–Trinajstić information content (AvgIpc) is 2.15. The Morgan fingerprint density at radius 3 is 2.00 bits per heavy atom. The van der Waals surface area contributed by atoms with Gasteiger partial charge in [0.1, 0.15) is 5.75 Å². The smallest absolute Gasteiger partial charge is 0.360 e. The van der Waals surface area contributed by atoms with Crippen LogP contribution >= 0.6 is 0 Å². The number of hydrogen-bond acceptors (Lipinski definition) is 7. The van der Waals surface area contributed by atoms with Crippen molar-refractivity contribution in [1.29, 1.82) is 0 Å². The molecule has 0 saturated heterocycles. The van der Waals surface area contributed by atoms with Crippen LogP contribution in [-0.2, 0) is 29.5 Å². The Kier molecular flexibility index (Phi) is 3.83. The van der Waals surface area contributed by atoms with Gasteiger partial charge in [0.2, 0.25) is 0 Å². The lowest BCUT2D eigenvalue weighted by molar-refractivity contribution is -0.103. The molecule has 0 heterocycles.